The van der Waals surface area contributed by atoms with Crippen molar-refractivity contribution < 1.29 is 9.84 Å². The molecule has 3 aromatic carbocycles. The Morgan fingerprint density at radius 3 is 2.04 bits per heavy atom. The average Bonchev–Trinajstić information content (AvgIpc) is 2.69. The smallest absolute Gasteiger partial charge is 0.140 e. The van der Waals surface area contributed by atoms with E-state index in [4.69, 9.17) is 16.3 Å². The van der Waals surface area contributed by atoms with Crippen molar-refractivity contribution in [3.63, 3.8) is 0 Å². The summed E-state index contributed by atoms with van der Waals surface area (Å²) < 4.78 is 5.75. The van der Waals surface area contributed by atoms with Gasteiger partial charge < -0.3 is 15.2 Å². The van der Waals surface area contributed by atoms with E-state index in [0.29, 0.717) is 17.3 Å². The van der Waals surface area contributed by atoms with Crippen LogP contribution < -0.4 is 10.1 Å². The molecule has 1 atom stereocenters. The fourth-order valence-electron chi connectivity index (χ4n) is 3.01. The van der Waals surface area contributed by atoms with E-state index in [1.165, 1.54) is 0 Å². The van der Waals surface area contributed by atoms with E-state index in [1.807, 2.05) is 55.5 Å². The van der Waals surface area contributed by atoms with Crippen LogP contribution in [0.5, 0.6) is 5.75 Å². The molecule has 0 radical (unpaired) electrons. The van der Waals surface area contributed by atoms with Gasteiger partial charge in [0.1, 0.15) is 18.5 Å². The highest BCUT2D eigenvalue weighted by Gasteiger charge is 2.16. The van der Waals surface area contributed by atoms with Gasteiger partial charge in [-0.3, -0.25) is 0 Å². The third kappa shape index (κ3) is 5.33. The van der Waals surface area contributed by atoms with Crippen LogP contribution in [0.15, 0.2) is 78.9 Å². The van der Waals surface area contributed by atoms with E-state index < -0.39 is 6.10 Å². The van der Waals surface area contributed by atoms with Crippen LogP contribution in [0.25, 0.3) is 0 Å². The molecule has 0 aliphatic rings. The molecule has 0 saturated carbocycles. The number of aliphatic hydroxyl groups excluding tert-OH is 1. The minimum Gasteiger partial charge on any atom is -0.489 e. The Labute approximate surface area is 165 Å². The summed E-state index contributed by atoms with van der Waals surface area (Å²) >= 11 is 6.18. The summed E-state index contributed by atoms with van der Waals surface area (Å²) in [6.07, 6.45) is -0.657. The van der Waals surface area contributed by atoms with Crippen molar-refractivity contribution >= 4 is 11.6 Å². The second-order valence-electron chi connectivity index (χ2n) is 6.51. The van der Waals surface area contributed by atoms with Crippen LogP contribution in [-0.4, -0.2) is 24.4 Å². The van der Waals surface area contributed by atoms with Gasteiger partial charge >= 0.3 is 0 Å². The number of rotatable bonds is 8. The molecule has 27 heavy (non-hydrogen) atoms. The zero-order chi connectivity index (χ0) is 19.1. The largest absolute Gasteiger partial charge is 0.489 e. The molecule has 4 heteroatoms. The maximum Gasteiger partial charge on any atom is 0.140 e. The highest BCUT2D eigenvalue weighted by molar-refractivity contribution is 6.32. The lowest BCUT2D eigenvalue weighted by Gasteiger charge is -2.22. The first-order chi connectivity index (χ1) is 13.1. The lowest BCUT2D eigenvalue weighted by molar-refractivity contribution is 0.104. The highest BCUT2D eigenvalue weighted by atomic mass is 35.5. The van der Waals surface area contributed by atoms with E-state index in [2.05, 4.69) is 29.6 Å². The van der Waals surface area contributed by atoms with Crippen molar-refractivity contribution in [3.8, 4) is 5.75 Å². The number of benzene rings is 3. The van der Waals surface area contributed by atoms with Gasteiger partial charge in [-0.25, -0.2) is 0 Å². The molecule has 0 saturated heterocycles. The normalized spacial score (nSPS) is 12.1. The first-order valence-corrected chi connectivity index (χ1v) is 9.42. The number of aryl methyl sites for hydroxylation is 1. The summed E-state index contributed by atoms with van der Waals surface area (Å²) in [5, 5.41) is 14.4. The molecular formula is C23H24ClNO2. The fraction of sp³-hybridized carbons (Fsp3) is 0.217. The Morgan fingerprint density at radius 1 is 0.889 bits per heavy atom. The molecule has 1 unspecified atom stereocenters. The topological polar surface area (TPSA) is 41.5 Å². The summed E-state index contributed by atoms with van der Waals surface area (Å²) in [5.74, 6) is 0.626. The van der Waals surface area contributed by atoms with Crippen LogP contribution in [0.1, 0.15) is 22.7 Å². The summed E-state index contributed by atoms with van der Waals surface area (Å²) in [6.45, 7) is 2.51. The molecule has 2 N–H and O–H groups in total. The minimum absolute atomic E-state index is 0.00380. The second kappa shape index (κ2) is 9.56. The Kier molecular flexibility index (Phi) is 6.88. The van der Waals surface area contributed by atoms with Crippen molar-refractivity contribution in [1.29, 1.82) is 0 Å². The van der Waals surface area contributed by atoms with Gasteiger partial charge in [0, 0.05) is 6.54 Å². The van der Waals surface area contributed by atoms with Gasteiger partial charge in [-0.15, -0.1) is 0 Å². The summed E-state index contributed by atoms with van der Waals surface area (Å²) in [6, 6.07) is 26.0. The van der Waals surface area contributed by atoms with E-state index in [9.17, 15) is 5.11 Å². The number of hydrogen-bond donors (Lipinski definition) is 2. The van der Waals surface area contributed by atoms with Gasteiger partial charge in [0.25, 0.3) is 0 Å². The highest BCUT2D eigenvalue weighted by Crippen LogP contribution is 2.28. The maximum absolute atomic E-state index is 10.4. The van der Waals surface area contributed by atoms with Crippen molar-refractivity contribution in [1.82, 2.24) is 5.32 Å². The molecule has 0 bridgehead atoms. The van der Waals surface area contributed by atoms with E-state index >= 15 is 0 Å². The Morgan fingerprint density at radius 2 is 1.48 bits per heavy atom. The SMILES string of the molecule is Cc1cccc(Cl)c1OCC(O)CNC(c1ccccc1)c1ccccc1. The van der Waals surface area contributed by atoms with Crippen molar-refractivity contribution in [2.24, 2.45) is 0 Å². The van der Waals surface area contributed by atoms with Gasteiger partial charge in [0.2, 0.25) is 0 Å². The number of halogens is 1. The van der Waals surface area contributed by atoms with Crippen molar-refractivity contribution in [2.45, 2.75) is 19.1 Å². The third-order valence-electron chi connectivity index (χ3n) is 4.41. The number of hydrogen-bond acceptors (Lipinski definition) is 3. The summed E-state index contributed by atoms with van der Waals surface area (Å²) in [7, 11) is 0. The molecule has 0 heterocycles. The first kappa shape index (κ1) is 19.4. The molecule has 3 nitrogen and oxygen atoms in total. The number of ether oxygens (including phenoxy) is 1. The van der Waals surface area contributed by atoms with Gasteiger partial charge in [-0.1, -0.05) is 84.4 Å². The average molecular weight is 382 g/mol. The lowest BCUT2D eigenvalue weighted by atomic mass is 9.98. The molecule has 3 rings (SSSR count). The predicted molar refractivity (Wildman–Crippen MR) is 110 cm³/mol. The van der Waals surface area contributed by atoms with Crippen molar-refractivity contribution in [2.75, 3.05) is 13.2 Å². The monoisotopic (exact) mass is 381 g/mol. The molecule has 0 aliphatic carbocycles. The van der Waals surface area contributed by atoms with Crippen LogP contribution in [0.4, 0.5) is 0 Å². The quantitative estimate of drug-likeness (QED) is 0.590. The van der Waals surface area contributed by atoms with Crippen LogP contribution in [0.2, 0.25) is 5.02 Å². The molecule has 0 spiro atoms. The van der Waals surface area contributed by atoms with Crippen LogP contribution in [-0.2, 0) is 0 Å². The fourth-order valence-corrected chi connectivity index (χ4v) is 3.29. The molecule has 0 fully saturated rings. The van der Waals surface area contributed by atoms with Gasteiger partial charge in [-0.05, 0) is 29.7 Å². The Hall–Kier alpha value is -2.33. The van der Waals surface area contributed by atoms with E-state index in [0.717, 1.165) is 16.7 Å². The molecule has 140 valence electrons. The molecule has 0 aromatic heterocycles. The summed E-state index contributed by atoms with van der Waals surface area (Å²) in [4.78, 5) is 0. The standard InChI is InChI=1S/C23H24ClNO2/c1-17-9-8-14-21(24)23(17)27-16-20(26)15-25-22(18-10-4-2-5-11-18)19-12-6-3-7-13-19/h2-14,20,22,25-26H,15-16H2,1H3. The van der Waals surface area contributed by atoms with E-state index in [-0.39, 0.29) is 12.6 Å². The zero-order valence-electron chi connectivity index (χ0n) is 15.3. The first-order valence-electron chi connectivity index (χ1n) is 9.04. The molecule has 0 aliphatic heterocycles. The Balaban J connectivity index is 1.63. The van der Waals surface area contributed by atoms with Gasteiger partial charge in [0.15, 0.2) is 0 Å². The second-order valence-corrected chi connectivity index (χ2v) is 6.92. The van der Waals surface area contributed by atoms with Gasteiger partial charge in [-0.2, -0.15) is 0 Å². The molecule has 0 amide bonds. The van der Waals surface area contributed by atoms with Gasteiger partial charge in [0.05, 0.1) is 11.1 Å². The Bertz CT molecular complexity index is 780. The lowest BCUT2D eigenvalue weighted by Crippen LogP contribution is -2.34. The summed E-state index contributed by atoms with van der Waals surface area (Å²) in [5.41, 5.74) is 3.26. The maximum atomic E-state index is 10.4. The molecule has 3 aromatic rings. The molecular weight excluding hydrogens is 358 g/mol. The van der Waals surface area contributed by atoms with E-state index in [1.54, 1.807) is 6.07 Å². The predicted octanol–water partition coefficient (Wildman–Crippen LogP) is 4.77. The van der Waals surface area contributed by atoms with Crippen LogP contribution in [0.3, 0.4) is 0 Å². The van der Waals surface area contributed by atoms with Crippen LogP contribution >= 0.6 is 11.6 Å². The van der Waals surface area contributed by atoms with Crippen molar-refractivity contribution in [3.05, 3.63) is 101 Å². The van der Waals surface area contributed by atoms with Crippen LogP contribution in [0, 0.1) is 6.92 Å². The number of para-hydroxylation sites is 1. The zero-order valence-corrected chi connectivity index (χ0v) is 16.1. The minimum atomic E-state index is -0.657. The number of nitrogens with one attached hydrogen (secondary N) is 1. The number of aliphatic hydroxyl groups is 1. The third-order valence-corrected chi connectivity index (χ3v) is 4.70.